The van der Waals surface area contributed by atoms with Gasteiger partial charge in [0.25, 0.3) is 0 Å². The largest absolute Gasteiger partial charge is 0.361 e. The summed E-state index contributed by atoms with van der Waals surface area (Å²) >= 11 is 0. The second kappa shape index (κ2) is 8.10. The number of fused-ring (bicyclic) bond motifs is 1. The van der Waals surface area contributed by atoms with Crippen LogP contribution in [0.4, 0.5) is 0 Å². The van der Waals surface area contributed by atoms with Crippen LogP contribution in [0.5, 0.6) is 0 Å². The van der Waals surface area contributed by atoms with E-state index in [1.54, 1.807) is 6.08 Å². The molecule has 0 aromatic heterocycles. The van der Waals surface area contributed by atoms with E-state index in [2.05, 4.69) is 50.7 Å². The Morgan fingerprint density at radius 1 is 1.42 bits per heavy atom. The zero-order chi connectivity index (χ0) is 17.6. The number of hydrogen-bond acceptors (Lipinski definition) is 3. The fraction of sp³-hybridized carbons (Fsp3) is 0.381. The smallest absolute Gasteiger partial charge is 0.115 e. The summed E-state index contributed by atoms with van der Waals surface area (Å²) in [4.78, 5) is 2.19. The maximum atomic E-state index is 9.13. The Labute approximate surface area is 145 Å². The third-order valence-electron chi connectivity index (χ3n) is 4.51. The van der Waals surface area contributed by atoms with Crippen molar-refractivity contribution in [3.63, 3.8) is 0 Å². The molecular weight excluding hydrogens is 296 g/mol. The molecule has 1 aliphatic rings. The van der Waals surface area contributed by atoms with Gasteiger partial charge in [-0.05, 0) is 69.2 Å². The summed E-state index contributed by atoms with van der Waals surface area (Å²) in [5.74, 6) is 0. The average molecular weight is 322 g/mol. The Morgan fingerprint density at radius 3 is 2.88 bits per heavy atom. The maximum Gasteiger partial charge on any atom is 0.115 e. The van der Waals surface area contributed by atoms with Gasteiger partial charge in [0.1, 0.15) is 5.60 Å². The van der Waals surface area contributed by atoms with E-state index in [1.165, 1.54) is 11.1 Å². The zero-order valence-electron chi connectivity index (χ0n) is 14.9. The van der Waals surface area contributed by atoms with Crippen molar-refractivity contribution in [2.45, 2.75) is 32.0 Å². The fourth-order valence-corrected chi connectivity index (χ4v) is 3.24. The number of nitrogens with zero attached hydrogens (tertiary/aromatic N) is 2. The lowest BCUT2D eigenvalue weighted by molar-refractivity contribution is -0.0171. The quantitative estimate of drug-likeness (QED) is 0.702. The molecule has 0 aliphatic carbocycles. The second-order valence-electron chi connectivity index (χ2n) is 6.48. The van der Waals surface area contributed by atoms with E-state index in [-0.39, 0.29) is 0 Å². The highest BCUT2D eigenvalue weighted by Gasteiger charge is 2.41. The van der Waals surface area contributed by atoms with Crippen LogP contribution in [-0.2, 0) is 16.9 Å². The summed E-state index contributed by atoms with van der Waals surface area (Å²) in [7, 11) is 4.18. The number of benzene rings is 1. The molecular formula is C21H26N2O. The number of allylic oxidation sites excluding steroid dienone is 4. The van der Waals surface area contributed by atoms with Crippen molar-refractivity contribution in [2.24, 2.45) is 0 Å². The van der Waals surface area contributed by atoms with Crippen molar-refractivity contribution < 1.29 is 4.74 Å². The van der Waals surface area contributed by atoms with Crippen LogP contribution in [0.15, 0.2) is 54.7 Å². The lowest BCUT2D eigenvalue weighted by atomic mass is 9.81. The molecule has 1 heterocycles. The molecule has 0 amide bonds. The van der Waals surface area contributed by atoms with E-state index in [0.717, 1.165) is 24.9 Å². The Kier molecular flexibility index (Phi) is 6.14. The van der Waals surface area contributed by atoms with Crippen molar-refractivity contribution in [3.8, 4) is 6.07 Å². The summed E-state index contributed by atoms with van der Waals surface area (Å²) in [6, 6.07) is 8.12. The van der Waals surface area contributed by atoms with Crippen molar-refractivity contribution in [3.05, 3.63) is 71.3 Å². The van der Waals surface area contributed by atoms with Crippen molar-refractivity contribution in [1.29, 1.82) is 5.26 Å². The van der Waals surface area contributed by atoms with Crippen LogP contribution in [-0.4, -0.2) is 25.5 Å². The molecule has 1 aromatic carbocycles. The standard InChI is InChI=1S/C21H26N2O/c1-5-6-7-9-17(2)21(12-8-13-23(3)4)20-11-10-18(15-22)14-19(20)16-24-21/h5-7,9-11,14H,1,8,12-13,16H2,2-4H3/b7-6-,17-9+. The molecule has 0 spiro atoms. The minimum Gasteiger partial charge on any atom is -0.361 e. The van der Waals surface area contributed by atoms with E-state index >= 15 is 0 Å². The summed E-state index contributed by atoms with van der Waals surface area (Å²) < 4.78 is 6.33. The van der Waals surface area contributed by atoms with Gasteiger partial charge in [0, 0.05) is 0 Å². The van der Waals surface area contributed by atoms with E-state index in [1.807, 2.05) is 24.3 Å². The first kappa shape index (κ1) is 18.2. The molecule has 1 aliphatic heterocycles. The van der Waals surface area contributed by atoms with Crippen LogP contribution in [0.3, 0.4) is 0 Å². The van der Waals surface area contributed by atoms with Crippen molar-refractivity contribution >= 4 is 0 Å². The third kappa shape index (κ3) is 3.84. The zero-order valence-corrected chi connectivity index (χ0v) is 14.9. The Balaban J connectivity index is 2.39. The summed E-state index contributed by atoms with van der Waals surface area (Å²) in [5, 5.41) is 9.13. The van der Waals surface area contributed by atoms with E-state index in [9.17, 15) is 0 Å². The maximum absolute atomic E-state index is 9.13. The molecule has 1 unspecified atom stereocenters. The van der Waals surface area contributed by atoms with Crippen LogP contribution in [0.2, 0.25) is 0 Å². The first-order chi connectivity index (χ1) is 11.5. The lowest BCUT2D eigenvalue weighted by Gasteiger charge is -2.31. The first-order valence-corrected chi connectivity index (χ1v) is 8.32. The van der Waals surface area contributed by atoms with E-state index in [4.69, 9.17) is 10.00 Å². The molecule has 24 heavy (non-hydrogen) atoms. The van der Waals surface area contributed by atoms with Gasteiger partial charge in [-0.2, -0.15) is 5.26 Å². The van der Waals surface area contributed by atoms with E-state index < -0.39 is 5.60 Å². The Bertz CT molecular complexity index is 694. The van der Waals surface area contributed by atoms with Gasteiger partial charge in [-0.3, -0.25) is 0 Å². The molecule has 3 heteroatoms. The molecule has 1 aromatic rings. The van der Waals surface area contributed by atoms with Crippen LogP contribution < -0.4 is 0 Å². The van der Waals surface area contributed by atoms with Gasteiger partial charge < -0.3 is 9.64 Å². The average Bonchev–Trinajstić information content (AvgIpc) is 2.94. The minimum absolute atomic E-state index is 0.398. The second-order valence-corrected chi connectivity index (χ2v) is 6.48. The molecule has 0 N–H and O–H groups in total. The van der Waals surface area contributed by atoms with Crippen LogP contribution in [0.25, 0.3) is 0 Å². The Morgan fingerprint density at radius 2 is 2.21 bits per heavy atom. The molecule has 0 saturated heterocycles. The molecule has 0 saturated carbocycles. The van der Waals surface area contributed by atoms with Crippen LogP contribution in [0, 0.1) is 11.3 Å². The Hall–Kier alpha value is -2.15. The molecule has 126 valence electrons. The van der Waals surface area contributed by atoms with Crippen molar-refractivity contribution in [1.82, 2.24) is 4.90 Å². The predicted octanol–water partition coefficient (Wildman–Crippen LogP) is 4.31. The van der Waals surface area contributed by atoms with Gasteiger partial charge >= 0.3 is 0 Å². The lowest BCUT2D eigenvalue weighted by Crippen LogP contribution is -2.28. The normalized spacial score (nSPS) is 20.4. The topological polar surface area (TPSA) is 36.3 Å². The molecule has 0 bridgehead atoms. The van der Waals surface area contributed by atoms with Crippen LogP contribution in [0.1, 0.15) is 36.5 Å². The van der Waals surface area contributed by atoms with Gasteiger partial charge in [0.2, 0.25) is 0 Å². The summed E-state index contributed by atoms with van der Waals surface area (Å²) in [6.45, 7) is 7.41. The van der Waals surface area contributed by atoms with Gasteiger partial charge in [-0.15, -0.1) is 0 Å². The third-order valence-corrected chi connectivity index (χ3v) is 4.51. The first-order valence-electron chi connectivity index (χ1n) is 8.32. The van der Waals surface area contributed by atoms with Gasteiger partial charge in [-0.1, -0.05) is 36.9 Å². The molecule has 3 nitrogen and oxygen atoms in total. The number of ether oxygens (including phenoxy) is 1. The highest BCUT2D eigenvalue weighted by molar-refractivity contribution is 5.47. The number of hydrogen-bond donors (Lipinski definition) is 0. The predicted molar refractivity (Wildman–Crippen MR) is 98.5 cm³/mol. The molecule has 2 rings (SSSR count). The van der Waals surface area contributed by atoms with Gasteiger partial charge in [0.15, 0.2) is 0 Å². The molecule has 0 radical (unpaired) electrons. The number of rotatable bonds is 7. The summed E-state index contributed by atoms with van der Waals surface area (Å²) in [6.07, 6.45) is 9.76. The highest BCUT2D eigenvalue weighted by atomic mass is 16.5. The van der Waals surface area contributed by atoms with Crippen molar-refractivity contribution in [2.75, 3.05) is 20.6 Å². The molecule has 0 fully saturated rings. The van der Waals surface area contributed by atoms with Crippen LogP contribution >= 0.6 is 0 Å². The van der Waals surface area contributed by atoms with E-state index in [0.29, 0.717) is 12.2 Å². The van der Waals surface area contributed by atoms with Gasteiger partial charge in [-0.25, -0.2) is 0 Å². The fourth-order valence-electron chi connectivity index (χ4n) is 3.24. The summed E-state index contributed by atoms with van der Waals surface area (Å²) in [5.41, 5.74) is 3.79. The number of nitriles is 1. The SMILES string of the molecule is C=C/C=C\C=C(/C)C1(CCCN(C)C)OCc2cc(C#N)ccc21. The minimum atomic E-state index is -0.398. The monoisotopic (exact) mass is 322 g/mol. The van der Waals surface area contributed by atoms with Gasteiger partial charge in [0.05, 0.1) is 18.2 Å². The molecule has 1 atom stereocenters. The highest BCUT2D eigenvalue weighted by Crippen LogP contribution is 2.45.